The Balaban J connectivity index is 1.37. The summed E-state index contributed by atoms with van der Waals surface area (Å²) in [5.41, 5.74) is 9.41. The fraction of sp³-hybridized carbons (Fsp3) is 0.500. The van der Waals surface area contributed by atoms with Gasteiger partial charge < -0.3 is 24.5 Å². The summed E-state index contributed by atoms with van der Waals surface area (Å²) in [6.07, 6.45) is 1.34. The second kappa shape index (κ2) is 16.5. The molecule has 3 N–H and O–H groups in total. The van der Waals surface area contributed by atoms with Crippen molar-refractivity contribution < 1.29 is 37.7 Å². The van der Waals surface area contributed by atoms with Gasteiger partial charge in [0.1, 0.15) is 17.8 Å². The summed E-state index contributed by atoms with van der Waals surface area (Å²) >= 11 is 0. The molecule has 7 rings (SSSR count). The normalized spacial score (nSPS) is 23.3. The van der Waals surface area contributed by atoms with Crippen LogP contribution in [0, 0.1) is 17.3 Å². The Labute approximate surface area is 332 Å². The van der Waals surface area contributed by atoms with Crippen LogP contribution in [0.25, 0.3) is 33.3 Å². The minimum atomic E-state index is -2.65. The molecule has 2 aromatic carbocycles. The number of phenolic OH excluding ortho intramolecular Hbond substituents is 1. The minimum absolute atomic E-state index is 0.0230. The van der Waals surface area contributed by atoms with E-state index in [1.165, 1.54) is 5.01 Å². The molecule has 5 atom stereocenters. The summed E-state index contributed by atoms with van der Waals surface area (Å²) in [7, 11) is 1.66. The smallest absolute Gasteiger partial charge is 0.324 e. The number of aromatic nitrogens is 2. The molecule has 2 fully saturated rings. The van der Waals surface area contributed by atoms with Crippen LogP contribution in [0.3, 0.4) is 0 Å². The molecule has 6 bridgehead atoms. The predicted octanol–water partition coefficient (Wildman–Crippen LogP) is 7.13. The summed E-state index contributed by atoms with van der Waals surface area (Å²) in [6.45, 7) is 9.23. The van der Waals surface area contributed by atoms with E-state index in [0.29, 0.717) is 49.8 Å². The van der Waals surface area contributed by atoms with Gasteiger partial charge in [0, 0.05) is 66.5 Å². The van der Waals surface area contributed by atoms with Gasteiger partial charge in [-0.3, -0.25) is 24.4 Å². The number of amides is 2. The standard InChI is InChI=1S/C44H53F2N5O6/c1-6-50-37-15-14-27-22-33(37)34(39(50)32-12-8-16-47-38(32)25(2)56-5)23-44(3,4)24-57-43(55)35-13-9-17-51(49-35)42(54)36(20-26-18-28(27)21-29(52)19-26)48-41(53)31-11-7-10-30(31)40(45)46/h8,12,14-16,18-19,21-22,25,30-31,35-36,40,49,52H,6-7,9-11,13,17,20,23-24H2,1-5H3,(H,48,53)/t25-,30?,31-,35-,36-/m0/s1. The van der Waals surface area contributed by atoms with Gasteiger partial charge in [0.05, 0.1) is 24.1 Å². The third-order valence-electron chi connectivity index (χ3n) is 11.9. The van der Waals surface area contributed by atoms with Gasteiger partial charge in [-0.05, 0) is 105 Å². The summed E-state index contributed by atoms with van der Waals surface area (Å²) in [4.78, 5) is 46.4. The van der Waals surface area contributed by atoms with Crippen LogP contribution in [-0.2, 0) is 43.2 Å². The van der Waals surface area contributed by atoms with Gasteiger partial charge >= 0.3 is 5.97 Å². The number of cyclic esters (lactones) is 1. The zero-order valence-electron chi connectivity index (χ0n) is 33.3. The molecule has 57 heavy (non-hydrogen) atoms. The monoisotopic (exact) mass is 785 g/mol. The maximum absolute atomic E-state index is 14.3. The summed E-state index contributed by atoms with van der Waals surface area (Å²) in [5, 5.41) is 16.3. The van der Waals surface area contributed by atoms with Gasteiger partial charge in [0.25, 0.3) is 5.91 Å². The lowest BCUT2D eigenvalue weighted by Crippen LogP contribution is -2.61. The van der Waals surface area contributed by atoms with Crippen LogP contribution < -0.4 is 10.7 Å². The number of phenols is 1. The number of hydrogen-bond donors (Lipinski definition) is 3. The molecule has 0 spiro atoms. The van der Waals surface area contributed by atoms with Gasteiger partial charge in [0.2, 0.25) is 12.3 Å². The summed E-state index contributed by atoms with van der Waals surface area (Å²) in [6, 6.07) is 13.3. The molecule has 3 aliphatic rings. The molecule has 1 saturated heterocycles. The first-order valence-electron chi connectivity index (χ1n) is 20.1. The minimum Gasteiger partial charge on any atom is -0.508 e. The molecule has 1 aliphatic carbocycles. The number of esters is 1. The number of carbonyl (C=O) groups excluding carboxylic acids is 3. The van der Waals surface area contributed by atoms with Crippen LogP contribution in [0.15, 0.2) is 54.7 Å². The number of pyridine rings is 1. The first kappa shape index (κ1) is 40.3. The molecule has 2 aromatic heterocycles. The molecule has 13 heteroatoms. The van der Waals surface area contributed by atoms with Crippen LogP contribution >= 0.6 is 0 Å². The average molecular weight is 786 g/mol. The van der Waals surface area contributed by atoms with E-state index < -0.39 is 53.5 Å². The third kappa shape index (κ3) is 8.27. The number of nitrogens with one attached hydrogen (secondary N) is 2. The molecule has 11 nitrogen and oxygen atoms in total. The van der Waals surface area contributed by atoms with Crippen LogP contribution in [0.2, 0.25) is 0 Å². The van der Waals surface area contributed by atoms with Crippen molar-refractivity contribution in [3.8, 4) is 28.1 Å². The number of nitrogens with zero attached hydrogens (tertiary/aromatic N) is 3. The lowest BCUT2D eigenvalue weighted by atomic mass is 9.84. The molecule has 1 unspecified atom stereocenters. The van der Waals surface area contributed by atoms with E-state index in [9.17, 15) is 28.3 Å². The van der Waals surface area contributed by atoms with Crippen molar-refractivity contribution in [3.63, 3.8) is 0 Å². The van der Waals surface area contributed by atoms with E-state index in [1.807, 2.05) is 25.1 Å². The van der Waals surface area contributed by atoms with E-state index in [-0.39, 0.29) is 37.8 Å². The number of methoxy groups -OCH3 is 1. The molecule has 4 heterocycles. The fourth-order valence-electron chi connectivity index (χ4n) is 8.96. The Morgan fingerprint density at radius 2 is 1.91 bits per heavy atom. The highest BCUT2D eigenvalue weighted by Crippen LogP contribution is 2.42. The number of ether oxygens (including phenoxy) is 2. The van der Waals surface area contributed by atoms with Gasteiger partial charge in [-0.1, -0.05) is 32.4 Å². The molecular formula is C44H53F2N5O6. The van der Waals surface area contributed by atoms with Crippen molar-refractivity contribution in [2.75, 3.05) is 20.3 Å². The van der Waals surface area contributed by atoms with Crippen molar-refractivity contribution in [1.82, 2.24) is 25.3 Å². The fourth-order valence-corrected chi connectivity index (χ4v) is 8.96. The zero-order chi connectivity index (χ0) is 40.6. The lowest BCUT2D eigenvalue weighted by molar-refractivity contribution is -0.155. The number of hydrazine groups is 1. The Morgan fingerprint density at radius 1 is 1.11 bits per heavy atom. The Bertz CT molecular complexity index is 2150. The number of benzene rings is 2. The molecule has 4 aromatic rings. The highest BCUT2D eigenvalue weighted by atomic mass is 19.3. The Kier molecular flexibility index (Phi) is 11.7. The first-order valence-corrected chi connectivity index (χ1v) is 20.1. The van der Waals surface area contributed by atoms with E-state index in [4.69, 9.17) is 14.5 Å². The number of hydrogen-bond acceptors (Lipinski definition) is 8. The molecule has 2 amide bonds. The Hall–Kier alpha value is -4.88. The second-order valence-electron chi connectivity index (χ2n) is 16.6. The van der Waals surface area contributed by atoms with Crippen LogP contribution in [0.5, 0.6) is 5.75 Å². The van der Waals surface area contributed by atoms with E-state index in [1.54, 1.807) is 25.4 Å². The zero-order valence-corrected chi connectivity index (χ0v) is 33.3. The van der Waals surface area contributed by atoms with E-state index in [0.717, 1.165) is 39.0 Å². The molecule has 2 aliphatic heterocycles. The molecular weight excluding hydrogens is 733 g/mol. The lowest BCUT2D eigenvalue weighted by Gasteiger charge is -2.36. The molecule has 1 saturated carbocycles. The SMILES string of the molecule is CCn1c(-c2cccnc2[C@H](C)OC)c2c3cc(ccc31)-c1cc(O)cc(c1)C[C@H](NC(=O)[C@H]1CCCC1C(F)F)C(=O)N1CCC[C@H](N1)C(=O)OCC(C)(C)C2. The second-order valence-corrected chi connectivity index (χ2v) is 16.6. The average Bonchev–Trinajstić information content (AvgIpc) is 3.82. The van der Waals surface area contributed by atoms with Crippen LogP contribution in [-0.4, -0.2) is 76.2 Å². The van der Waals surface area contributed by atoms with Crippen molar-refractivity contribution in [1.29, 1.82) is 0 Å². The van der Waals surface area contributed by atoms with Gasteiger partial charge in [-0.15, -0.1) is 0 Å². The number of rotatable bonds is 7. The summed E-state index contributed by atoms with van der Waals surface area (Å²) in [5.74, 6) is -3.63. The maximum Gasteiger partial charge on any atom is 0.324 e. The van der Waals surface area contributed by atoms with Crippen molar-refractivity contribution in [3.05, 3.63) is 71.5 Å². The van der Waals surface area contributed by atoms with Crippen LogP contribution in [0.4, 0.5) is 8.78 Å². The van der Waals surface area contributed by atoms with Crippen LogP contribution in [0.1, 0.15) is 82.7 Å². The van der Waals surface area contributed by atoms with E-state index in [2.05, 4.69) is 54.3 Å². The maximum atomic E-state index is 14.3. The highest BCUT2D eigenvalue weighted by molar-refractivity contribution is 5.95. The summed E-state index contributed by atoms with van der Waals surface area (Å²) < 4.78 is 41.9. The predicted molar refractivity (Wildman–Crippen MR) is 212 cm³/mol. The van der Waals surface area contributed by atoms with Crippen molar-refractivity contribution in [2.24, 2.45) is 17.3 Å². The number of alkyl halides is 2. The largest absolute Gasteiger partial charge is 0.508 e. The Morgan fingerprint density at radius 3 is 2.67 bits per heavy atom. The molecule has 0 radical (unpaired) electrons. The van der Waals surface area contributed by atoms with Gasteiger partial charge in [-0.2, -0.15) is 0 Å². The highest BCUT2D eigenvalue weighted by Gasteiger charge is 2.41. The topological polar surface area (TPSA) is 135 Å². The number of fused-ring (bicyclic) bond motifs is 6. The molecule has 304 valence electrons. The number of aromatic hydroxyl groups is 1. The van der Waals surface area contributed by atoms with Gasteiger partial charge in [-0.25, -0.2) is 14.2 Å². The number of carbonyl (C=O) groups is 3. The van der Waals surface area contributed by atoms with Gasteiger partial charge in [0.15, 0.2) is 0 Å². The number of aryl methyl sites for hydroxylation is 1. The van der Waals surface area contributed by atoms with Crippen molar-refractivity contribution >= 4 is 28.7 Å². The quantitative estimate of drug-likeness (QED) is 0.169. The van der Waals surface area contributed by atoms with E-state index >= 15 is 0 Å². The first-order chi connectivity index (χ1) is 27.3. The third-order valence-corrected chi connectivity index (χ3v) is 11.9. The van der Waals surface area contributed by atoms with Crippen molar-refractivity contribution in [2.45, 2.75) is 104 Å². The number of halogens is 2.